The molecule has 3 aliphatic rings. The smallest absolute Gasteiger partial charge is 0.0744 e. The molecule has 0 saturated carbocycles. The Labute approximate surface area is 118 Å². The highest BCUT2D eigenvalue weighted by Crippen LogP contribution is 2.32. The topological polar surface area (TPSA) is 46.0 Å². The molecule has 5 heteroatoms. The molecule has 102 valence electrons. The van der Waals surface area contributed by atoms with Crippen molar-refractivity contribution >= 4 is 0 Å². The first-order valence-electron chi connectivity index (χ1n) is 7.05. The van der Waals surface area contributed by atoms with Crippen molar-refractivity contribution < 1.29 is 0 Å². The first-order valence-corrected chi connectivity index (χ1v) is 7.05. The minimum absolute atomic E-state index is 0.293. The van der Waals surface area contributed by atoms with E-state index in [4.69, 9.17) is 0 Å². The van der Waals surface area contributed by atoms with Crippen LogP contribution < -0.4 is 5.32 Å². The number of nitrogens with zero attached hydrogens (tertiary/aromatic N) is 4. The average Bonchev–Trinajstić information content (AvgIpc) is 3.17. The van der Waals surface area contributed by atoms with Crippen LogP contribution in [-0.4, -0.2) is 39.0 Å². The van der Waals surface area contributed by atoms with Gasteiger partial charge in [0.1, 0.15) is 0 Å². The van der Waals surface area contributed by atoms with Gasteiger partial charge in [0.25, 0.3) is 0 Å². The van der Waals surface area contributed by atoms with Crippen molar-refractivity contribution in [1.82, 2.24) is 25.2 Å². The van der Waals surface area contributed by atoms with Crippen molar-refractivity contribution in [1.29, 1.82) is 0 Å². The van der Waals surface area contributed by atoms with Gasteiger partial charge in [-0.3, -0.25) is 0 Å². The Kier molecular flexibility index (Phi) is 2.77. The van der Waals surface area contributed by atoms with Crippen LogP contribution in [0, 0.1) is 0 Å². The third kappa shape index (κ3) is 1.82. The summed E-state index contributed by atoms with van der Waals surface area (Å²) in [5.74, 6) is 0. The lowest BCUT2D eigenvalue weighted by Gasteiger charge is -2.32. The summed E-state index contributed by atoms with van der Waals surface area (Å²) < 4.78 is 1.98. The van der Waals surface area contributed by atoms with Gasteiger partial charge >= 0.3 is 0 Å². The van der Waals surface area contributed by atoms with Crippen LogP contribution in [0.1, 0.15) is 12.5 Å². The van der Waals surface area contributed by atoms with Crippen LogP contribution in [-0.2, 0) is 0 Å². The number of allylic oxidation sites excluding steroid dienone is 3. The Morgan fingerprint density at radius 3 is 3.15 bits per heavy atom. The zero-order valence-corrected chi connectivity index (χ0v) is 11.2. The van der Waals surface area contributed by atoms with Gasteiger partial charge < -0.3 is 10.2 Å². The number of hydrogen-bond acceptors (Lipinski definition) is 4. The van der Waals surface area contributed by atoms with E-state index in [1.54, 1.807) is 6.20 Å². The third-order valence-electron chi connectivity index (χ3n) is 4.14. The summed E-state index contributed by atoms with van der Waals surface area (Å²) in [6, 6.07) is 0.630. The second-order valence-corrected chi connectivity index (χ2v) is 5.27. The third-order valence-corrected chi connectivity index (χ3v) is 4.14. The molecule has 0 bridgehead atoms. The van der Waals surface area contributed by atoms with E-state index in [-0.39, 0.29) is 0 Å². The van der Waals surface area contributed by atoms with Gasteiger partial charge in [-0.25, -0.2) is 4.68 Å². The molecular formula is C15H17N5. The molecule has 1 fully saturated rings. The van der Waals surface area contributed by atoms with E-state index in [0.29, 0.717) is 12.1 Å². The normalized spacial score (nSPS) is 28.3. The van der Waals surface area contributed by atoms with E-state index in [1.165, 1.54) is 11.3 Å². The molecule has 20 heavy (non-hydrogen) atoms. The molecule has 5 nitrogen and oxygen atoms in total. The molecule has 1 aromatic rings. The predicted octanol–water partition coefficient (Wildman–Crippen LogP) is 1.39. The minimum atomic E-state index is 0.293. The Morgan fingerprint density at radius 2 is 2.25 bits per heavy atom. The first-order chi connectivity index (χ1) is 9.93. The number of rotatable bonds is 2. The number of hydrogen-bond donors (Lipinski definition) is 1. The second kappa shape index (κ2) is 4.76. The first kappa shape index (κ1) is 11.7. The van der Waals surface area contributed by atoms with E-state index in [1.807, 2.05) is 10.9 Å². The summed E-state index contributed by atoms with van der Waals surface area (Å²) in [7, 11) is 0. The van der Waals surface area contributed by atoms with Crippen molar-refractivity contribution in [2.24, 2.45) is 0 Å². The van der Waals surface area contributed by atoms with Crippen LogP contribution in [0.15, 0.2) is 60.2 Å². The fraction of sp³-hybridized carbons (Fsp3) is 0.333. The summed E-state index contributed by atoms with van der Waals surface area (Å²) in [4.78, 5) is 2.29. The maximum atomic E-state index is 4.18. The highest BCUT2D eigenvalue weighted by atomic mass is 15.4. The number of nitrogens with one attached hydrogen (secondary N) is 1. The van der Waals surface area contributed by atoms with Gasteiger partial charge in [0.2, 0.25) is 0 Å². The van der Waals surface area contributed by atoms with Gasteiger partial charge in [-0.15, -0.1) is 5.10 Å². The molecule has 0 amide bonds. The van der Waals surface area contributed by atoms with Gasteiger partial charge in [-0.2, -0.15) is 0 Å². The molecule has 1 aromatic heterocycles. The van der Waals surface area contributed by atoms with E-state index in [0.717, 1.165) is 19.5 Å². The van der Waals surface area contributed by atoms with Crippen molar-refractivity contribution in [2.75, 3.05) is 13.1 Å². The quantitative estimate of drug-likeness (QED) is 0.879. The fourth-order valence-corrected chi connectivity index (χ4v) is 3.23. The van der Waals surface area contributed by atoms with Gasteiger partial charge in [0, 0.05) is 24.6 Å². The zero-order valence-electron chi connectivity index (χ0n) is 11.2. The summed E-state index contributed by atoms with van der Waals surface area (Å²) in [6.45, 7) is 1.96. The maximum Gasteiger partial charge on any atom is 0.0744 e. The van der Waals surface area contributed by atoms with Crippen molar-refractivity contribution in [3.8, 4) is 0 Å². The molecule has 0 spiro atoms. The lowest BCUT2D eigenvalue weighted by Crippen LogP contribution is -2.35. The summed E-state index contributed by atoms with van der Waals surface area (Å²) in [5.41, 5.74) is 2.63. The molecular weight excluding hydrogens is 250 g/mol. The van der Waals surface area contributed by atoms with Gasteiger partial charge in [0.05, 0.1) is 18.3 Å². The number of aromatic nitrogens is 3. The summed E-state index contributed by atoms with van der Waals surface area (Å²) in [5, 5.41) is 11.7. The largest absolute Gasteiger partial charge is 0.344 e. The molecule has 1 N–H and O–H groups in total. The summed E-state index contributed by atoms with van der Waals surface area (Å²) in [6.07, 6.45) is 17.8. The molecule has 0 aliphatic carbocycles. The lowest BCUT2D eigenvalue weighted by molar-refractivity contribution is 0.413. The average molecular weight is 267 g/mol. The zero-order chi connectivity index (χ0) is 13.4. The highest BCUT2D eigenvalue weighted by molar-refractivity contribution is 5.44. The monoisotopic (exact) mass is 267 g/mol. The van der Waals surface area contributed by atoms with Crippen LogP contribution >= 0.6 is 0 Å². The van der Waals surface area contributed by atoms with Gasteiger partial charge in [-0.1, -0.05) is 23.4 Å². The van der Waals surface area contributed by atoms with Crippen molar-refractivity contribution in [2.45, 2.75) is 18.5 Å². The Bertz CT molecular complexity index is 608. The van der Waals surface area contributed by atoms with Crippen molar-refractivity contribution in [3.63, 3.8) is 0 Å². The standard InChI is InChI=1S/C15H17N5/c1-2-9-19-10-3-4-12(13(19)5-1)15-14(6-7-16-15)20-11-8-17-18-20/h1-5,8-9,11,14-16H,6-7,10H2. The molecule has 0 aromatic carbocycles. The molecule has 0 radical (unpaired) electrons. The SMILES string of the molecule is C1=CC2=C(C3NCCC3n3ccnn3)C=CCN2C=C1. The Morgan fingerprint density at radius 1 is 1.25 bits per heavy atom. The Hall–Kier alpha value is -2.14. The van der Waals surface area contributed by atoms with E-state index in [2.05, 4.69) is 57.1 Å². The molecule has 1 saturated heterocycles. The predicted molar refractivity (Wildman–Crippen MR) is 76.6 cm³/mol. The lowest BCUT2D eigenvalue weighted by atomic mass is 9.95. The highest BCUT2D eigenvalue weighted by Gasteiger charge is 2.33. The Balaban J connectivity index is 1.72. The molecule has 2 unspecified atom stereocenters. The van der Waals surface area contributed by atoms with Crippen LogP contribution in [0.4, 0.5) is 0 Å². The molecule has 4 rings (SSSR count). The molecule has 2 atom stereocenters. The van der Waals surface area contributed by atoms with E-state index >= 15 is 0 Å². The van der Waals surface area contributed by atoms with Gasteiger partial charge in [-0.05, 0) is 30.7 Å². The summed E-state index contributed by atoms with van der Waals surface area (Å²) >= 11 is 0. The van der Waals surface area contributed by atoms with Crippen LogP contribution in [0.25, 0.3) is 0 Å². The maximum absolute atomic E-state index is 4.18. The molecule has 3 aliphatic heterocycles. The minimum Gasteiger partial charge on any atom is -0.344 e. The fourth-order valence-electron chi connectivity index (χ4n) is 3.23. The van der Waals surface area contributed by atoms with E-state index in [9.17, 15) is 0 Å². The van der Waals surface area contributed by atoms with Crippen LogP contribution in [0.3, 0.4) is 0 Å². The van der Waals surface area contributed by atoms with Crippen molar-refractivity contribution in [3.05, 3.63) is 60.2 Å². The van der Waals surface area contributed by atoms with Crippen LogP contribution in [0.2, 0.25) is 0 Å². The molecule has 4 heterocycles. The van der Waals surface area contributed by atoms with Crippen LogP contribution in [0.5, 0.6) is 0 Å². The van der Waals surface area contributed by atoms with E-state index < -0.39 is 0 Å². The van der Waals surface area contributed by atoms with Gasteiger partial charge in [0.15, 0.2) is 0 Å². The second-order valence-electron chi connectivity index (χ2n) is 5.27. The number of fused-ring (bicyclic) bond motifs is 1.